The van der Waals surface area contributed by atoms with E-state index in [1.54, 1.807) is 0 Å². The van der Waals surface area contributed by atoms with Gasteiger partial charge in [0.05, 0.1) is 5.52 Å². The van der Waals surface area contributed by atoms with E-state index in [-0.39, 0.29) is 0 Å². The summed E-state index contributed by atoms with van der Waals surface area (Å²) in [5.74, 6) is 0.845. The third-order valence-corrected chi connectivity index (χ3v) is 11.3. The first kappa shape index (κ1) is 28.9. The summed E-state index contributed by atoms with van der Waals surface area (Å²) in [4.78, 5) is 0. The van der Waals surface area contributed by atoms with E-state index in [0.717, 1.165) is 27.9 Å². The first-order valence-electron chi connectivity index (χ1n) is 17.0. The Morgan fingerprint density at radius 2 is 1.02 bits per heavy atom. The van der Waals surface area contributed by atoms with Crippen LogP contribution in [0.5, 0.6) is 0 Å². The summed E-state index contributed by atoms with van der Waals surface area (Å²) in [7, 11) is 0. The summed E-state index contributed by atoms with van der Waals surface area (Å²) >= 11 is 1.88. The van der Waals surface area contributed by atoms with Gasteiger partial charge in [0, 0.05) is 42.1 Å². The summed E-state index contributed by atoms with van der Waals surface area (Å²) in [6, 6.07) is 55.3. The molecular weight excluding hydrogens is 627 g/mol. The van der Waals surface area contributed by atoms with Gasteiger partial charge in [0.1, 0.15) is 0 Å². The summed E-state index contributed by atoms with van der Waals surface area (Å²) < 4.78 is 4.81. The number of benzene rings is 7. The quantitative estimate of drug-likeness (QED) is 0.176. The molecule has 50 heavy (non-hydrogen) atoms. The summed E-state index contributed by atoms with van der Waals surface area (Å²) in [6.07, 6.45) is 0. The van der Waals surface area contributed by atoms with Gasteiger partial charge >= 0.3 is 0 Å². The van der Waals surface area contributed by atoms with Gasteiger partial charge < -0.3 is 0 Å². The predicted octanol–water partition coefficient (Wildman–Crippen LogP) is 12.7. The van der Waals surface area contributed by atoms with Crippen LogP contribution in [0.25, 0.3) is 92.3 Å². The van der Waals surface area contributed by atoms with Crippen LogP contribution in [0.4, 0.5) is 0 Å². The molecule has 3 aromatic heterocycles. The third-order valence-electron chi connectivity index (χ3n) is 10.1. The fraction of sp³-hybridized carbons (Fsp3) is 0.0435. The van der Waals surface area contributed by atoms with E-state index < -0.39 is 0 Å². The van der Waals surface area contributed by atoms with Gasteiger partial charge in [0.2, 0.25) is 0 Å². The van der Waals surface area contributed by atoms with Crippen molar-refractivity contribution in [3.63, 3.8) is 0 Å². The number of pyridine rings is 1. The van der Waals surface area contributed by atoms with Crippen molar-refractivity contribution in [2.75, 3.05) is 0 Å². The lowest BCUT2D eigenvalue weighted by atomic mass is 9.94. The standard InChI is InChI=1S/C46H31N3S/c1-28-11-15-30(16-12-28)34-23-24-43-40(25-34)41-27-35(31-17-13-29(2)14-18-31)26-39(44(41)50-43)32-19-21-33(22-20-32)45-47-48-46-38-9-4-3-7-36(38)37-8-5-6-10-42(37)49(45)46/h3-27H,1-2H3. The molecule has 0 bridgehead atoms. The second-order valence-corrected chi connectivity index (χ2v) is 14.3. The Hall–Kier alpha value is -6.10. The summed E-state index contributed by atoms with van der Waals surface area (Å²) in [6.45, 7) is 4.28. The van der Waals surface area contributed by atoms with Crippen LogP contribution in [0.3, 0.4) is 0 Å². The Labute approximate surface area is 293 Å². The minimum atomic E-state index is 0.845. The van der Waals surface area contributed by atoms with Crippen molar-refractivity contribution >= 4 is 58.8 Å². The van der Waals surface area contributed by atoms with E-state index in [4.69, 9.17) is 10.2 Å². The third kappa shape index (κ3) is 4.57. The highest BCUT2D eigenvalue weighted by Crippen LogP contribution is 2.44. The molecule has 0 radical (unpaired) electrons. The molecule has 0 aliphatic heterocycles. The van der Waals surface area contributed by atoms with Crippen molar-refractivity contribution in [3.8, 4) is 44.8 Å². The zero-order valence-corrected chi connectivity index (χ0v) is 28.5. The van der Waals surface area contributed by atoms with E-state index in [0.29, 0.717) is 0 Å². The normalized spacial score (nSPS) is 11.8. The van der Waals surface area contributed by atoms with Gasteiger partial charge in [0.15, 0.2) is 11.5 Å². The van der Waals surface area contributed by atoms with Crippen LogP contribution in [-0.2, 0) is 0 Å². The number of rotatable bonds is 4. The largest absolute Gasteiger partial charge is 0.274 e. The summed E-state index contributed by atoms with van der Waals surface area (Å²) in [5, 5.41) is 15.6. The topological polar surface area (TPSA) is 30.2 Å². The summed E-state index contributed by atoms with van der Waals surface area (Å²) in [5.41, 5.74) is 12.9. The zero-order valence-electron chi connectivity index (χ0n) is 27.7. The molecule has 0 saturated heterocycles. The van der Waals surface area contributed by atoms with Crippen molar-refractivity contribution in [1.29, 1.82) is 0 Å². The Morgan fingerprint density at radius 3 is 1.76 bits per heavy atom. The lowest BCUT2D eigenvalue weighted by Gasteiger charge is -2.11. The van der Waals surface area contributed by atoms with Crippen LogP contribution in [0, 0.1) is 13.8 Å². The number of aryl methyl sites for hydroxylation is 2. The van der Waals surface area contributed by atoms with Gasteiger partial charge in [-0.15, -0.1) is 21.5 Å². The van der Waals surface area contributed by atoms with Crippen LogP contribution in [0.15, 0.2) is 152 Å². The lowest BCUT2D eigenvalue weighted by molar-refractivity contribution is 1.12. The zero-order chi connectivity index (χ0) is 33.3. The SMILES string of the molecule is Cc1ccc(-c2ccc3sc4c(-c5ccc(-c6nnc7c8ccccc8c8ccccc8n67)cc5)cc(-c5ccc(C)cc5)cc4c3c2)cc1. The molecule has 0 atom stereocenters. The molecule has 0 unspecified atom stereocenters. The van der Waals surface area contributed by atoms with Gasteiger partial charge in [0.25, 0.3) is 0 Å². The minimum absolute atomic E-state index is 0.845. The molecule has 0 amide bonds. The molecule has 3 heterocycles. The maximum Gasteiger partial charge on any atom is 0.169 e. The van der Waals surface area contributed by atoms with E-state index >= 15 is 0 Å². The highest BCUT2D eigenvalue weighted by molar-refractivity contribution is 7.26. The molecule has 236 valence electrons. The fourth-order valence-electron chi connectivity index (χ4n) is 7.41. The number of fused-ring (bicyclic) bond motifs is 9. The maximum absolute atomic E-state index is 4.76. The Bertz CT molecular complexity index is 2910. The van der Waals surface area contributed by atoms with E-state index in [1.165, 1.54) is 75.5 Å². The van der Waals surface area contributed by atoms with Gasteiger partial charge in [-0.25, -0.2) is 0 Å². The first-order valence-corrected chi connectivity index (χ1v) is 17.8. The molecule has 7 aromatic carbocycles. The predicted molar refractivity (Wildman–Crippen MR) is 212 cm³/mol. The molecule has 0 N–H and O–H groups in total. The van der Waals surface area contributed by atoms with Gasteiger partial charge in [-0.2, -0.15) is 0 Å². The average Bonchev–Trinajstić information content (AvgIpc) is 3.78. The fourth-order valence-corrected chi connectivity index (χ4v) is 8.61. The molecule has 0 saturated carbocycles. The van der Waals surface area contributed by atoms with E-state index in [9.17, 15) is 0 Å². The van der Waals surface area contributed by atoms with Gasteiger partial charge in [-0.1, -0.05) is 132 Å². The number of thiophene rings is 1. The maximum atomic E-state index is 4.76. The Balaban J connectivity index is 1.15. The molecule has 0 spiro atoms. The van der Waals surface area contributed by atoms with Crippen molar-refractivity contribution in [1.82, 2.24) is 14.6 Å². The number of aromatic nitrogens is 3. The molecule has 4 heteroatoms. The van der Waals surface area contributed by atoms with Gasteiger partial charge in [-0.05, 0) is 77.4 Å². The Kier molecular flexibility index (Phi) is 6.48. The van der Waals surface area contributed by atoms with E-state index in [2.05, 4.69) is 170 Å². The van der Waals surface area contributed by atoms with Crippen LogP contribution < -0.4 is 0 Å². The average molecular weight is 658 g/mol. The number of para-hydroxylation sites is 1. The van der Waals surface area contributed by atoms with Crippen molar-refractivity contribution < 1.29 is 0 Å². The van der Waals surface area contributed by atoms with Crippen LogP contribution >= 0.6 is 11.3 Å². The monoisotopic (exact) mass is 657 g/mol. The van der Waals surface area contributed by atoms with Crippen molar-refractivity contribution in [2.45, 2.75) is 13.8 Å². The molecule has 0 fully saturated rings. The Morgan fingerprint density at radius 1 is 0.440 bits per heavy atom. The minimum Gasteiger partial charge on any atom is -0.274 e. The molecule has 10 rings (SSSR count). The smallest absolute Gasteiger partial charge is 0.169 e. The lowest BCUT2D eigenvalue weighted by Crippen LogP contribution is -1.94. The number of nitrogens with zero attached hydrogens (tertiary/aromatic N) is 3. The molecule has 10 aromatic rings. The van der Waals surface area contributed by atoms with Gasteiger partial charge in [-0.3, -0.25) is 4.40 Å². The highest BCUT2D eigenvalue weighted by Gasteiger charge is 2.18. The number of hydrogen-bond donors (Lipinski definition) is 0. The molecule has 0 aliphatic carbocycles. The molecule has 3 nitrogen and oxygen atoms in total. The van der Waals surface area contributed by atoms with Crippen LogP contribution in [0.2, 0.25) is 0 Å². The highest BCUT2D eigenvalue weighted by atomic mass is 32.1. The second kappa shape index (κ2) is 11.2. The second-order valence-electron chi connectivity index (χ2n) is 13.3. The van der Waals surface area contributed by atoms with E-state index in [1.807, 2.05) is 11.3 Å². The first-order chi connectivity index (χ1) is 24.6. The van der Waals surface area contributed by atoms with Crippen molar-refractivity contribution in [2.24, 2.45) is 0 Å². The van der Waals surface area contributed by atoms with Crippen LogP contribution in [-0.4, -0.2) is 14.6 Å². The van der Waals surface area contributed by atoms with Crippen LogP contribution in [0.1, 0.15) is 11.1 Å². The molecule has 0 aliphatic rings. The van der Waals surface area contributed by atoms with Crippen molar-refractivity contribution in [3.05, 3.63) is 163 Å². The molecular formula is C46H31N3S. The number of hydrogen-bond acceptors (Lipinski definition) is 3.